The monoisotopic (exact) mass is 137 g/mol. The number of carbonyl (C=O) groups is 1. The van der Waals surface area contributed by atoms with Crippen LogP contribution in [-0.2, 0) is 4.79 Å². The zero-order valence-electron chi connectivity index (χ0n) is 6.18. The van der Waals surface area contributed by atoms with Gasteiger partial charge in [0.05, 0.1) is 6.07 Å². The topological polar surface area (TPSA) is 40.9 Å². The van der Waals surface area contributed by atoms with Crippen LogP contribution in [0.2, 0.25) is 0 Å². The van der Waals surface area contributed by atoms with Gasteiger partial charge in [-0.15, -0.1) is 0 Å². The normalized spacial score (nSPS) is 20.8. The minimum absolute atomic E-state index is 0.126. The first-order valence-electron chi connectivity index (χ1n) is 3.70. The molecule has 0 aliphatic heterocycles. The average Bonchev–Trinajstić information content (AvgIpc) is 1.86. The first-order valence-corrected chi connectivity index (χ1v) is 3.70. The predicted octanol–water partition coefficient (Wildman–Crippen LogP) is 1.66. The quantitative estimate of drug-likeness (QED) is 0.580. The molecule has 1 fully saturated rings. The number of nitrogens with zero attached hydrogens (tertiary/aromatic N) is 1. The van der Waals surface area contributed by atoms with Crippen LogP contribution in [0.25, 0.3) is 0 Å². The van der Waals surface area contributed by atoms with Gasteiger partial charge in [0.25, 0.3) is 0 Å². The molecule has 0 N–H and O–H groups in total. The molecule has 0 spiro atoms. The van der Waals surface area contributed by atoms with Crippen LogP contribution in [0.5, 0.6) is 0 Å². The van der Waals surface area contributed by atoms with Gasteiger partial charge >= 0.3 is 0 Å². The van der Waals surface area contributed by atoms with Crippen LogP contribution in [0.3, 0.4) is 0 Å². The fraction of sp³-hybridized carbons (Fsp3) is 0.750. The molecule has 1 saturated carbocycles. The molecular formula is C8H11NO. The molecule has 1 aliphatic carbocycles. The number of carbonyl (C=O) groups excluding carboxylic acids is 1. The van der Waals surface area contributed by atoms with E-state index in [4.69, 9.17) is 5.26 Å². The molecule has 1 rings (SSSR count). The first-order chi connectivity index (χ1) is 4.75. The second-order valence-electron chi connectivity index (χ2n) is 2.82. The summed E-state index contributed by atoms with van der Waals surface area (Å²) in [6.07, 6.45) is 3.12. The second-order valence-corrected chi connectivity index (χ2v) is 2.82. The molecular weight excluding hydrogens is 126 g/mol. The van der Waals surface area contributed by atoms with E-state index >= 15 is 0 Å². The van der Waals surface area contributed by atoms with E-state index in [2.05, 4.69) is 6.07 Å². The molecule has 0 heterocycles. The highest BCUT2D eigenvalue weighted by molar-refractivity contribution is 5.88. The van der Waals surface area contributed by atoms with E-state index in [1.165, 1.54) is 0 Å². The van der Waals surface area contributed by atoms with Crippen molar-refractivity contribution in [3.63, 3.8) is 0 Å². The number of nitriles is 1. The van der Waals surface area contributed by atoms with Gasteiger partial charge in [0, 0.05) is 6.42 Å². The Kier molecular flexibility index (Phi) is 1.76. The molecule has 0 aromatic heterocycles. The van der Waals surface area contributed by atoms with Gasteiger partial charge in [0.1, 0.15) is 5.41 Å². The van der Waals surface area contributed by atoms with E-state index in [0.29, 0.717) is 6.42 Å². The van der Waals surface area contributed by atoms with Crippen molar-refractivity contribution in [1.82, 2.24) is 0 Å². The third-order valence-corrected chi connectivity index (χ3v) is 2.28. The van der Waals surface area contributed by atoms with Gasteiger partial charge in [-0.3, -0.25) is 4.79 Å². The number of hydrogen-bond donors (Lipinski definition) is 0. The van der Waals surface area contributed by atoms with Gasteiger partial charge in [-0.1, -0.05) is 6.92 Å². The molecule has 0 aromatic carbocycles. The van der Waals surface area contributed by atoms with Crippen molar-refractivity contribution in [2.75, 3.05) is 0 Å². The van der Waals surface area contributed by atoms with E-state index in [1.54, 1.807) is 0 Å². The zero-order chi connectivity index (χ0) is 7.61. The molecule has 0 aromatic rings. The fourth-order valence-corrected chi connectivity index (χ4v) is 1.32. The smallest absolute Gasteiger partial charge is 0.152 e. The van der Waals surface area contributed by atoms with Crippen LogP contribution in [0.15, 0.2) is 0 Å². The largest absolute Gasteiger partial charge is 0.298 e. The Bertz CT molecular complexity index is 186. The Morgan fingerprint density at radius 3 is 2.40 bits per heavy atom. The standard InChI is InChI=1S/C8H11NO/c1-2-7(10)8(6-9)4-3-5-8/h2-5H2,1H3. The Morgan fingerprint density at radius 1 is 1.70 bits per heavy atom. The lowest BCUT2D eigenvalue weighted by Gasteiger charge is -2.32. The number of rotatable bonds is 2. The Labute approximate surface area is 60.8 Å². The summed E-state index contributed by atoms with van der Waals surface area (Å²) >= 11 is 0. The molecule has 10 heavy (non-hydrogen) atoms. The van der Waals surface area contributed by atoms with E-state index in [1.807, 2.05) is 6.92 Å². The summed E-state index contributed by atoms with van der Waals surface area (Å²) in [7, 11) is 0. The van der Waals surface area contributed by atoms with E-state index in [-0.39, 0.29) is 5.78 Å². The SMILES string of the molecule is CCC(=O)C1(C#N)CCC1. The van der Waals surface area contributed by atoms with Crippen molar-refractivity contribution < 1.29 is 4.79 Å². The van der Waals surface area contributed by atoms with Crippen molar-refractivity contribution in [1.29, 1.82) is 5.26 Å². The summed E-state index contributed by atoms with van der Waals surface area (Å²) in [5.41, 5.74) is -0.561. The van der Waals surface area contributed by atoms with Gasteiger partial charge in [-0.05, 0) is 19.3 Å². The van der Waals surface area contributed by atoms with Gasteiger partial charge in [0.15, 0.2) is 5.78 Å². The Balaban J connectivity index is 2.67. The van der Waals surface area contributed by atoms with Crippen LogP contribution in [-0.4, -0.2) is 5.78 Å². The van der Waals surface area contributed by atoms with Crippen molar-refractivity contribution in [3.8, 4) is 6.07 Å². The number of hydrogen-bond acceptors (Lipinski definition) is 2. The van der Waals surface area contributed by atoms with Crippen molar-refractivity contribution >= 4 is 5.78 Å². The lowest BCUT2D eigenvalue weighted by Crippen LogP contribution is -2.35. The molecule has 2 nitrogen and oxygen atoms in total. The number of Topliss-reactive ketones (excluding diaryl/α,β-unsaturated/α-hetero) is 1. The summed E-state index contributed by atoms with van der Waals surface area (Å²) in [6, 6.07) is 2.12. The molecule has 0 bridgehead atoms. The summed E-state index contributed by atoms with van der Waals surface area (Å²) in [5.74, 6) is 0.126. The highest BCUT2D eigenvalue weighted by Crippen LogP contribution is 2.41. The maximum Gasteiger partial charge on any atom is 0.152 e. The van der Waals surface area contributed by atoms with Crippen molar-refractivity contribution in [2.45, 2.75) is 32.6 Å². The van der Waals surface area contributed by atoms with E-state index in [9.17, 15) is 4.79 Å². The molecule has 0 radical (unpaired) electrons. The van der Waals surface area contributed by atoms with Gasteiger partial charge < -0.3 is 0 Å². The highest BCUT2D eigenvalue weighted by atomic mass is 16.1. The average molecular weight is 137 g/mol. The molecule has 2 heteroatoms. The summed E-state index contributed by atoms with van der Waals surface area (Å²) in [5, 5.41) is 8.67. The van der Waals surface area contributed by atoms with Crippen LogP contribution in [0, 0.1) is 16.7 Å². The maximum atomic E-state index is 11.1. The van der Waals surface area contributed by atoms with Crippen molar-refractivity contribution in [3.05, 3.63) is 0 Å². The van der Waals surface area contributed by atoms with Crippen LogP contribution in [0.1, 0.15) is 32.6 Å². The van der Waals surface area contributed by atoms with Crippen molar-refractivity contribution in [2.24, 2.45) is 5.41 Å². The van der Waals surface area contributed by atoms with Gasteiger partial charge in [-0.25, -0.2) is 0 Å². The third kappa shape index (κ3) is 0.824. The minimum atomic E-state index is -0.561. The molecule has 0 amide bonds. The van der Waals surface area contributed by atoms with E-state index < -0.39 is 5.41 Å². The zero-order valence-corrected chi connectivity index (χ0v) is 6.18. The van der Waals surface area contributed by atoms with Gasteiger partial charge in [-0.2, -0.15) is 5.26 Å². The van der Waals surface area contributed by atoms with Gasteiger partial charge in [0.2, 0.25) is 0 Å². The third-order valence-electron chi connectivity index (χ3n) is 2.28. The summed E-state index contributed by atoms with van der Waals surface area (Å²) < 4.78 is 0. The lowest BCUT2D eigenvalue weighted by atomic mass is 9.66. The Morgan fingerprint density at radius 2 is 2.30 bits per heavy atom. The summed E-state index contributed by atoms with van der Waals surface area (Å²) in [6.45, 7) is 1.82. The van der Waals surface area contributed by atoms with Crippen LogP contribution < -0.4 is 0 Å². The molecule has 0 saturated heterocycles. The molecule has 0 unspecified atom stereocenters. The summed E-state index contributed by atoms with van der Waals surface area (Å²) in [4.78, 5) is 11.1. The minimum Gasteiger partial charge on any atom is -0.298 e. The molecule has 1 aliphatic rings. The molecule has 54 valence electrons. The first kappa shape index (κ1) is 7.27. The second kappa shape index (κ2) is 2.42. The molecule has 0 atom stereocenters. The highest BCUT2D eigenvalue weighted by Gasteiger charge is 2.42. The Hall–Kier alpha value is -0.840. The van der Waals surface area contributed by atoms with E-state index in [0.717, 1.165) is 19.3 Å². The lowest BCUT2D eigenvalue weighted by molar-refractivity contribution is -0.129. The van der Waals surface area contributed by atoms with Crippen LogP contribution in [0.4, 0.5) is 0 Å². The van der Waals surface area contributed by atoms with Crippen LogP contribution >= 0.6 is 0 Å². The number of ketones is 1. The fourth-order valence-electron chi connectivity index (χ4n) is 1.32. The maximum absolute atomic E-state index is 11.1. The predicted molar refractivity (Wildman–Crippen MR) is 37.2 cm³/mol.